The quantitative estimate of drug-likeness (QED) is 0.596. The summed E-state index contributed by atoms with van der Waals surface area (Å²) in [4.78, 5) is 8.91. The predicted molar refractivity (Wildman–Crippen MR) is 108 cm³/mol. The maximum Gasteiger partial charge on any atom is 0.119 e. The highest BCUT2D eigenvalue weighted by molar-refractivity contribution is 5.90. The lowest BCUT2D eigenvalue weighted by Gasteiger charge is -2.19. The van der Waals surface area contributed by atoms with Crippen molar-refractivity contribution < 1.29 is 0 Å². The van der Waals surface area contributed by atoms with Crippen molar-refractivity contribution in [1.82, 2.24) is 19.7 Å². The zero-order valence-electron chi connectivity index (χ0n) is 15.8. The van der Waals surface area contributed by atoms with Crippen LogP contribution in [-0.4, -0.2) is 19.7 Å². The van der Waals surface area contributed by atoms with E-state index >= 15 is 0 Å². The summed E-state index contributed by atoms with van der Waals surface area (Å²) < 4.78 is 1.97. The Labute approximate surface area is 158 Å². The maximum atomic E-state index is 6.22. The lowest BCUT2D eigenvalue weighted by Crippen LogP contribution is -2.28. The van der Waals surface area contributed by atoms with Crippen molar-refractivity contribution in [3.63, 3.8) is 0 Å². The van der Waals surface area contributed by atoms with Gasteiger partial charge >= 0.3 is 0 Å². The molecule has 0 fully saturated rings. The molecule has 0 aliphatic rings. The molecule has 135 valence electrons. The highest BCUT2D eigenvalue weighted by Gasteiger charge is 2.16. The van der Waals surface area contributed by atoms with Crippen LogP contribution in [0.15, 0.2) is 54.7 Å². The molecular weight excluding hydrogens is 334 g/mol. The minimum atomic E-state index is -0.397. The number of aromatic nitrogens is 4. The van der Waals surface area contributed by atoms with E-state index in [0.717, 1.165) is 45.7 Å². The molecule has 2 N–H and O–H groups in total. The molecule has 0 aliphatic heterocycles. The monoisotopic (exact) mass is 356 g/mol. The second-order valence-electron chi connectivity index (χ2n) is 7.20. The first kappa shape index (κ1) is 17.4. The predicted octanol–water partition coefficient (Wildman–Crippen LogP) is 4.17. The fourth-order valence-corrected chi connectivity index (χ4v) is 3.18. The third kappa shape index (κ3) is 3.22. The highest BCUT2D eigenvalue weighted by Crippen LogP contribution is 2.29. The second kappa shape index (κ2) is 6.59. The van der Waals surface area contributed by atoms with Gasteiger partial charge in [0.05, 0.1) is 17.4 Å². The van der Waals surface area contributed by atoms with Crippen molar-refractivity contribution >= 4 is 11.0 Å². The zero-order chi connectivity index (χ0) is 19.0. The SMILES string of the molecule is CCn1nc(-c2ccc(-c3cc(C(C)(C)N)ccn3)cc2)c2n[c]ccc21. The number of aryl methyl sites for hydroxylation is 1. The molecule has 1 aromatic carbocycles. The molecule has 4 aromatic rings. The summed E-state index contributed by atoms with van der Waals surface area (Å²) in [5.74, 6) is 0. The molecule has 0 saturated carbocycles. The Morgan fingerprint density at radius 2 is 1.81 bits per heavy atom. The van der Waals surface area contributed by atoms with Gasteiger partial charge in [0.25, 0.3) is 0 Å². The molecule has 5 nitrogen and oxygen atoms in total. The van der Waals surface area contributed by atoms with E-state index in [9.17, 15) is 0 Å². The van der Waals surface area contributed by atoms with Crippen LogP contribution in [0, 0.1) is 6.20 Å². The summed E-state index contributed by atoms with van der Waals surface area (Å²) in [5, 5.41) is 4.73. The molecule has 0 bridgehead atoms. The number of rotatable bonds is 4. The van der Waals surface area contributed by atoms with Gasteiger partial charge < -0.3 is 5.73 Å². The van der Waals surface area contributed by atoms with Crippen LogP contribution >= 0.6 is 0 Å². The Balaban J connectivity index is 1.74. The van der Waals surface area contributed by atoms with Crippen LogP contribution in [-0.2, 0) is 12.1 Å². The third-order valence-corrected chi connectivity index (χ3v) is 4.72. The minimum absolute atomic E-state index is 0.397. The zero-order valence-corrected chi connectivity index (χ0v) is 15.8. The Bertz CT molecular complexity index is 1090. The van der Waals surface area contributed by atoms with Gasteiger partial charge in [-0.15, -0.1) is 0 Å². The van der Waals surface area contributed by atoms with E-state index in [1.165, 1.54) is 0 Å². The van der Waals surface area contributed by atoms with Gasteiger partial charge in [-0.2, -0.15) is 5.10 Å². The molecule has 0 unspecified atom stereocenters. The smallest absolute Gasteiger partial charge is 0.119 e. The summed E-state index contributed by atoms with van der Waals surface area (Å²) in [6.45, 7) is 6.86. The summed E-state index contributed by atoms with van der Waals surface area (Å²) in [5.41, 5.74) is 12.6. The van der Waals surface area contributed by atoms with Gasteiger partial charge in [0, 0.05) is 29.4 Å². The minimum Gasteiger partial charge on any atom is -0.322 e. The highest BCUT2D eigenvalue weighted by atomic mass is 15.3. The van der Waals surface area contributed by atoms with Gasteiger partial charge in [-0.3, -0.25) is 9.67 Å². The molecular formula is C22H22N5. The molecule has 3 aromatic heterocycles. The Morgan fingerprint density at radius 3 is 2.52 bits per heavy atom. The fraction of sp³-hybridized carbons (Fsp3) is 0.227. The van der Waals surface area contributed by atoms with Crippen molar-refractivity contribution in [1.29, 1.82) is 0 Å². The molecule has 5 heteroatoms. The molecule has 0 saturated heterocycles. The average molecular weight is 356 g/mol. The van der Waals surface area contributed by atoms with Crippen LogP contribution in [0.2, 0.25) is 0 Å². The number of nitrogens with two attached hydrogens (primary N) is 1. The average Bonchev–Trinajstić information content (AvgIpc) is 3.06. The molecule has 0 atom stereocenters. The van der Waals surface area contributed by atoms with Crippen molar-refractivity contribution in [3.8, 4) is 22.5 Å². The van der Waals surface area contributed by atoms with Crippen molar-refractivity contribution in [3.05, 3.63) is 66.5 Å². The van der Waals surface area contributed by atoms with E-state index in [1.54, 1.807) is 0 Å². The van der Waals surface area contributed by atoms with E-state index < -0.39 is 5.54 Å². The number of nitrogens with zero attached hydrogens (tertiary/aromatic N) is 4. The van der Waals surface area contributed by atoms with Crippen LogP contribution in [0.4, 0.5) is 0 Å². The first-order valence-electron chi connectivity index (χ1n) is 9.07. The summed E-state index contributed by atoms with van der Waals surface area (Å²) >= 11 is 0. The van der Waals surface area contributed by atoms with Crippen molar-refractivity contribution in [2.45, 2.75) is 32.9 Å². The molecule has 0 spiro atoms. The van der Waals surface area contributed by atoms with Crippen LogP contribution in [0.3, 0.4) is 0 Å². The van der Waals surface area contributed by atoms with Gasteiger partial charge in [-0.05, 0) is 50.6 Å². The van der Waals surface area contributed by atoms with E-state index in [0.29, 0.717) is 0 Å². The lowest BCUT2D eigenvalue weighted by molar-refractivity contribution is 0.554. The van der Waals surface area contributed by atoms with Gasteiger partial charge in [0.2, 0.25) is 0 Å². The molecule has 4 rings (SSSR count). The van der Waals surface area contributed by atoms with Crippen LogP contribution in [0.25, 0.3) is 33.5 Å². The molecule has 0 aliphatic carbocycles. The first-order valence-corrected chi connectivity index (χ1v) is 9.07. The Morgan fingerprint density at radius 1 is 1.07 bits per heavy atom. The van der Waals surface area contributed by atoms with Gasteiger partial charge in [-0.1, -0.05) is 24.3 Å². The normalized spacial score (nSPS) is 11.9. The van der Waals surface area contributed by atoms with E-state index in [1.807, 2.05) is 49.0 Å². The number of hydrogen-bond donors (Lipinski definition) is 1. The number of benzene rings is 1. The molecule has 0 amide bonds. The second-order valence-corrected chi connectivity index (χ2v) is 7.20. The van der Waals surface area contributed by atoms with Gasteiger partial charge in [0.15, 0.2) is 0 Å². The standard InChI is InChI=1S/C22H22N5/c1-4-27-19-6-5-12-25-21(19)20(26-27)16-9-7-15(8-10-16)18-14-17(11-13-24-18)22(2,3)23/h5-11,13-14H,4,23H2,1-3H3. The number of hydrogen-bond acceptors (Lipinski definition) is 4. The topological polar surface area (TPSA) is 69.6 Å². The van der Waals surface area contributed by atoms with E-state index in [-0.39, 0.29) is 0 Å². The van der Waals surface area contributed by atoms with Crippen LogP contribution < -0.4 is 5.73 Å². The largest absolute Gasteiger partial charge is 0.322 e. The first-order chi connectivity index (χ1) is 13.0. The fourth-order valence-electron chi connectivity index (χ4n) is 3.18. The summed E-state index contributed by atoms with van der Waals surface area (Å²) in [6, 6.07) is 16.1. The van der Waals surface area contributed by atoms with Crippen molar-refractivity contribution in [2.75, 3.05) is 0 Å². The molecule has 1 radical (unpaired) electrons. The number of pyridine rings is 2. The maximum absolute atomic E-state index is 6.22. The van der Waals surface area contributed by atoms with E-state index in [2.05, 4.69) is 47.4 Å². The Kier molecular flexibility index (Phi) is 4.24. The van der Waals surface area contributed by atoms with Gasteiger partial charge in [0.1, 0.15) is 11.2 Å². The molecule has 3 heterocycles. The van der Waals surface area contributed by atoms with Crippen LogP contribution in [0.1, 0.15) is 26.3 Å². The molecule has 27 heavy (non-hydrogen) atoms. The number of fused-ring (bicyclic) bond motifs is 1. The van der Waals surface area contributed by atoms with E-state index in [4.69, 9.17) is 10.8 Å². The Hall–Kier alpha value is -3.05. The third-order valence-electron chi connectivity index (χ3n) is 4.72. The van der Waals surface area contributed by atoms with Crippen LogP contribution in [0.5, 0.6) is 0 Å². The lowest BCUT2D eigenvalue weighted by atomic mass is 9.95. The van der Waals surface area contributed by atoms with Gasteiger partial charge in [-0.25, -0.2) is 4.98 Å². The summed E-state index contributed by atoms with van der Waals surface area (Å²) in [6.07, 6.45) is 4.72. The van der Waals surface area contributed by atoms with Crippen molar-refractivity contribution in [2.24, 2.45) is 5.73 Å². The summed E-state index contributed by atoms with van der Waals surface area (Å²) in [7, 11) is 0.